The molecule has 0 bridgehead atoms. The van der Waals surface area contributed by atoms with Gasteiger partial charge in [-0.2, -0.15) is 8.78 Å². The van der Waals surface area contributed by atoms with E-state index in [1.54, 1.807) is 0 Å². The molecule has 1 aromatic rings. The van der Waals surface area contributed by atoms with Gasteiger partial charge in [0.15, 0.2) is 11.9 Å². The van der Waals surface area contributed by atoms with E-state index < -0.39 is 29.8 Å². The molecule has 2 unspecified atom stereocenters. The van der Waals surface area contributed by atoms with E-state index >= 15 is 0 Å². The van der Waals surface area contributed by atoms with Crippen molar-refractivity contribution in [2.24, 2.45) is 0 Å². The number of hydrogen-bond donors (Lipinski definition) is 2. The average molecular weight is 309 g/mol. The van der Waals surface area contributed by atoms with Gasteiger partial charge in [-0.1, -0.05) is 0 Å². The summed E-state index contributed by atoms with van der Waals surface area (Å²) in [5.74, 6) is -2.63. The second-order valence-corrected chi connectivity index (χ2v) is 4.50. The molecule has 0 spiro atoms. The third-order valence-electron chi connectivity index (χ3n) is 2.40. The van der Waals surface area contributed by atoms with Gasteiger partial charge in [-0.25, -0.2) is 4.79 Å². The number of halogens is 3. The second kappa shape index (κ2) is 6.62. The molecule has 0 saturated carbocycles. The SMILES string of the molecule is CC(Cl)C(=O)c1ccc(OC(F)F)cc1C(O)C(=O)O. The molecule has 0 aliphatic rings. The number of carbonyl (C=O) groups excluding carboxylic acids is 1. The molecule has 1 rings (SSSR count). The summed E-state index contributed by atoms with van der Waals surface area (Å²) in [6.45, 7) is -1.75. The van der Waals surface area contributed by atoms with Crippen LogP contribution in [0.3, 0.4) is 0 Å². The zero-order valence-corrected chi connectivity index (χ0v) is 11.0. The summed E-state index contributed by atoms with van der Waals surface area (Å²) in [7, 11) is 0. The van der Waals surface area contributed by atoms with E-state index in [-0.39, 0.29) is 16.9 Å². The summed E-state index contributed by atoms with van der Waals surface area (Å²) in [6.07, 6.45) is -2.05. The summed E-state index contributed by atoms with van der Waals surface area (Å²) in [5, 5.41) is 17.3. The minimum atomic E-state index is -3.11. The Kier molecular flexibility index (Phi) is 5.41. The Hall–Kier alpha value is -1.73. The number of ketones is 1. The number of benzene rings is 1. The van der Waals surface area contributed by atoms with Crippen LogP contribution in [0.4, 0.5) is 8.78 Å². The molecular weight excluding hydrogens is 298 g/mol. The van der Waals surface area contributed by atoms with Crippen molar-refractivity contribution >= 4 is 23.4 Å². The van der Waals surface area contributed by atoms with Crippen LogP contribution in [-0.2, 0) is 4.79 Å². The Balaban J connectivity index is 3.30. The number of aliphatic hydroxyl groups is 1. The van der Waals surface area contributed by atoms with Crippen LogP contribution in [0.2, 0.25) is 0 Å². The predicted molar refractivity (Wildman–Crippen MR) is 65.3 cm³/mol. The second-order valence-electron chi connectivity index (χ2n) is 3.85. The minimum Gasteiger partial charge on any atom is -0.479 e. The van der Waals surface area contributed by atoms with Crippen LogP contribution in [0.25, 0.3) is 0 Å². The van der Waals surface area contributed by atoms with E-state index in [1.165, 1.54) is 6.92 Å². The van der Waals surface area contributed by atoms with Crippen LogP contribution in [-0.4, -0.2) is 34.0 Å². The van der Waals surface area contributed by atoms with Crippen molar-refractivity contribution in [3.05, 3.63) is 29.3 Å². The highest BCUT2D eigenvalue weighted by molar-refractivity contribution is 6.33. The number of alkyl halides is 3. The van der Waals surface area contributed by atoms with E-state index in [0.29, 0.717) is 0 Å². The van der Waals surface area contributed by atoms with Crippen LogP contribution in [0.15, 0.2) is 18.2 Å². The summed E-state index contributed by atoms with van der Waals surface area (Å²) in [5.41, 5.74) is -0.517. The Morgan fingerprint density at radius 3 is 2.40 bits per heavy atom. The number of aliphatic hydroxyl groups excluding tert-OH is 1. The highest BCUT2D eigenvalue weighted by Crippen LogP contribution is 2.27. The largest absolute Gasteiger partial charge is 0.479 e. The predicted octanol–water partition coefficient (Wildman–Crippen LogP) is 2.22. The number of aliphatic carboxylic acids is 1. The van der Waals surface area contributed by atoms with Crippen LogP contribution in [0.5, 0.6) is 5.75 Å². The first-order valence-electron chi connectivity index (χ1n) is 5.42. The molecule has 8 heteroatoms. The standard InChI is InChI=1S/C12H11ClF2O5/c1-5(13)9(16)7-3-2-6(20-12(14)15)4-8(7)10(17)11(18)19/h2-5,10,12,17H,1H3,(H,18,19). The number of carbonyl (C=O) groups is 2. The molecule has 2 atom stereocenters. The molecule has 0 fully saturated rings. The van der Waals surface area contributed by atoms with Crippen LogP contribution < -0.4 is 4.74 Å². The zero-order chi connectivity index (χ0) is 15.4. The minimum absolute atomic E-state index is 0.163. The molecule has 5 nitrogen and oxygen atoms in total. The number of Topliss-reactive ketones (excluding diaryl/α,β-unsaturated/α-hetero) is 1. The van der Waals surface area contributed by atoms with Gasteiger partial charge < -0.3 is 14.9 Å². The van der Waals surface area contributed by atoms with Crippen molar-refractivity contribution < 1.29 is 33.3 Å². The van der Waals surface area contributed by atoms with Crippen LogP contribution in [0.1, 0.15) is 28.9 Å². The van der Waals surface area contributed by atoms with Crippen molar-refractivity contribution in [3.8, 4) is 5.75 Å². The topological polar surface area (TPSA) is 83.8 Å². The van der Waals surface area contributed by atoms with E-state index in [1.807, 2.05) is 0 Å². The number of carboxylic acids is 1. The van der Waals surface area contributed by atoms with Gasteiger partial charge in [0, 0.05) is 11.1 Å². The fourth-order valence-corrected chi connectivity index (χ4v) is 1.63. The molecule has 0 amide bonds. The normalized spacial score (nSPS) is 13.9. The molecule has 0 aliphatic heterocycles. The lowest BCUT2D eigenvalue weighted by Crippen LogP contribution is -2.19. The van der Waals surface area contributed by atoms with Gasteiger partial charge in [0.2, 0.25) is 0 Å². The first-order chi connectivity index (χ1) is 9.23. The average Bonchev–Trinajstić information content (AvgIpc) is 2.35. The fourth-order valence-electron chi connectivity index (χ4n) is 1.51. The lowest BCUT2D eigenvalue weighted by atomic mass is 9.97. The summed E-state index contributed by atoms with van der Waals surface area (Å²) >= 11 is 5.61. The highest BCUT2D eigenvalue weighted by atomic mass is 35.5. The number of carboxylic acid groups (broad SMARTS) is 1. The lowest BCUT2D eigenvalue weighted by Gasteiger charge is -2.14. The number of hydrogen-bond acceptors (Lipinski definition) is 4. The Morgan fingerprint density at radius 1 is 1.35 bits per heavy atom. The van der Waals surface area contributed by atoms with Crippen LogP contribution >= 0.6 is 11.6 Å². The molecule has 0 saturated heterocycles. The van der Waals surface area contributed by atoms with Crippen molar-refractivity contribution in [2.45, 2.75) is 25.0 Å². The van der Waals surface area contributed by atoms with Gasteiger partial charge in [-0.05, 0) is 25.1 Å². The van der Waals surface area contributed by atoms with Crippen LogP contribution in [0, 0.1) is 0 Å². The van der Waals surface area contributed by atoms with Gasteiger partial charge in [0.25, 0.3) is 0 Å². The van der Waals surface area contributed by atoms with E-state index in [0.717, 1.165) is 18.2 Å². The van der Waals surface area contributed by atoms with Gasteiger partial charge in [-0.15, -0.1) is 11.6 Å². The Bertz CT molecular complexity index is 519. The molecule has 2 N–H and O–H groups in total. The molecule has 0 radical (unpaired) electrons. The molecular formula is C12H11ClF2O5. The zero-order valence-electron chi connectivity index (χ0n) is 10.2. The highest BCUT2D eigenvalue weighted by Gasteiger charge is 2.25. The molecule has 110 valence electrons. The maximum absolute atomic E-state index is 12.1. The third kappa shape index (κ3) is 3.88. The molecule has 20 heavy (non-hydrogen) atoms. The van der Waals surface area contributed by atoms with Crippen molar-refractivity contribution in [1.29, 1.82) is 0 Å². The van der Waals surface area contributed by atoms with E-state index in [4.69, 9.17) is 16.7 Å². The molecule has 0 heterocycles. The summed E-state index contributed by atoms with van der Waals surface area (Å²) < 4.78 is 28.3. The number of rotatable bonds is 6. The maximum Gasteiger partial charge on any atom is 0.387 e. The first kappa shape index (κ1) is 16.3. The van der Waals surface area contributed by atoms with Gasteiger partial charge in [0.05, 0.1) is 5.38 Å². The molecule has 1 aromatic carbocycles. The Morgan fingerprint density at radius 2 is 1.95 bits per heavy atom. The monoisotopic (exact) mass is 308 g/mol. The van der Waals surface area contributed by atoms with Crippen molar-refractivity contribution in [3.63, 3.8) is 0 Å². The van der Waals surface area contributed by atoms with Crippen molar-refractivity contribution in [1.82, 2.24) is 0 Å². The lowest BCUT2D eigenvalue weighted by molar-refractivity contribution is -0.146. The quantitative estimate of drug-likeness (QED) is 0.622. The van der Waals surface area contributed by atoms with Gasteiger partial charge in [-0.3, -0.25) is 4.79 Å². The maximum atomic E-state index is 12.1. The van der Waals surface area contributed by atoms with E-state index in [2.05, 4.69) is 4.74 Å². The van der Waals surface area contributed by atoms with E-state index in [9.17, 15) is 23.5 Å². The molecule has 0 aliphatic carbocycles. The Labute approximate surface area is 117 Å². The number of ether oxygens (including phenoxy) is 1. The first-order valence-corrected chi connectivity index (χ1v) is 5.85. The van der Waals surface area contributed by atoms with Gasteiger partial charge >= 0.3 is 12.6 Å². The summed E-state index contributed by atoms with van der Waals surface area (Å²) in [6, 6.07) is 3.02. The smallest absolute Gasteiger partial charge is 0.387 e. The fraction of sp³-hybridized carbons (Fsp3) is 0.333. The summed E-state index contributed by atoms with van der Waals surface area (Å²) in [4.78, 5) is 22.6. The van der Waals surface area contributed by atoms with Gasteiger partial charge in [0.1, 0.15) is 5.75 Å². The molecule has 0 aromatic heterocycles. The third-order valence-corrected chi connectivity index (χ3v) is 2.60. The van der Waals surface area contributed by atoms with Crippen molar-refractivity contribution in [2.75, 3.05) is 0 Å².